The molecular formula is C14H27N3. The van der Waals surface area contributed by atoms with Gasteiger partial charge >= 0.3 is 0 Å². The van der Waals surface area contributed by atoms with Crippen LogP contribution in [0.2, 0.25) is 0 Å². The molecule has 17 heavy (non-hydrogen) atoms. The van der Waals surface area contributed by atoms with Crippen LogP contribution >= 0.6 is 0 Å². The maximum atomic E-state index is 4.70. The van der Waals surface area contributed by atoms with Gasteiger partial charge in [0.25, 0.3) is 0 Å². The molecule has 0 spiro atoms. The molecule has 0 aliphatic rings. The molecular weight excluding hydrogens is 210 g/mol. The van der Waals surface area contributed by atoms with E-state index in [4.69, 9.17) is 5.10 Å². The smallest absolute Gasteiger partial charge is 0.0631 e. The summed E-state index contributed by atoms with van der Waals surface area (Å²) >= 11 is 0. The first-order valence-electron chi connectivity index (χ1n) is 6.56. The van der Waals surface area contributed by atoms with Gasteiger partial charge in [-0.2, -0.15) is 5.10 Å². The van der Waals surface area contributed by atoms with Crippen LogP contribution in [0, 0.1) is 13.8 Å². The first-order valence-corrected chi connectivity index (χ1v) is 6.56. The minimum Gasteiger partial charge on any atom is -0.316 e. The summed E-state index contributed by atoms with van der Waals surface area (Å²) in [6.07, 6.45) is 0. The number of hydrogen-bond donors (Lipinski definition) is 1. The lowest BCUT2D eigenvalue weighted by Gasteiger charge is -2.22. The summed E-state index contributed by atoms with van der Waals surface area (Å²) < 4.78 is 2.15. The van der Waals surface area contributed by atoms with Gasteiger partial charge in [0.2, 0.25) is 0 Å². The third-order valence-electron chi connectivity index (χ3n) is 3.18. The van der Waals surface area contributed by atoms with Crippen molar-refractivity contribution in [3.05, 3.63) is 17.0 Å². The fourth-order valence-corrected chi connectivity index (χ4v) is 2.48. The minimum absolute atomic E-state index is 0.0605. The van der Waals surface area contributed by atoms with Crippen LogP contribution in [0.1, 0.15) is 57.5 Å². The molecule has 0 aromatic carbocycles. The number of aryl methyl sites for hydroxylation is 1. The number of hydrogen-bond acceptors (Lipinski definition) is 2. The van der Waals surface area contributed by atoms with Crippen molar-refractivity contribution < 1.29 is 0 Å². The molecule has 0 radical (unpaired) electrons. The first-order chi connectivity index (χ1) is 7.79. The van der Waals surface area contributed by atoms with Gasteiger partial charge in [0.1, 0.15) is 0 Å². The molecule has 0 bridgehead atoms. The van der Waals surface area contributed by atoms with Crippen LogP contribution in [-0.4, -0.2) is 22.9 Å². The largest absolute Gasteiger partial charge is 0.316 e. The number of likely N-dealkylation sites (N-methyl/N-ethyl adjacent to an activating group) is 1. The maximum absolute atomic E-state index is 4.70. The zero-order chi connectivity index (χ0) is 13.2. The fourth-order valence-electron chi connectivity index (χ4n) is 2.48. The Morgan fingerprint density at radius 2 is 1.88 bits per heavy atom. The van der Waals surface area contributed by atoms with E-state index < -0.39 is 0 Å². The van der Waals surface area contributed by atoms with E-state index >= 15 is 0 Å². The summed E-state index contributed by atoms with van der Waals surface area (Å²) in [5.41, 5.74) is 3.94. The summed E-state index contributed by atoms with van der Waals surface area (Å²) in [5.74, 6) is 0.519. The van der Waals surface area contributed by atoms with Crippen molar-refractivity contribution in [2.45, 2.75) is 59.9 Å². The lowest BCUT2D eigenvalue weighted by molar-refractivity contribution is 0.346. The van der Waals surface area contributed by atoms with Crippen LogP contribution in [0.4, 0.5) is 0 Å². The van der Waals surface area contributed by atoms with Gasteiger partial charge in [0, 0.05) is 17.8 Å². The Morgan fingerprint density at radius 1 is 1.29 bits per heavy atom. The zero-order valence-electron chi connectivity index (χ0n) is 12.4. The average molecular weight is 237 g/mol. The summed E-state index contributed by atoms with van der Waals surface area (Å²) in [5, 5.41) is 8.11. The molecule has 0 fully saturated rings. The van der Waals surface area contributed by atoms with Crippen molar-refractivity contribution in [1.82, 2.24) is 15.1 Å². The quantitative estimate of drug-likeness (QED) is 0.872. The van der Waals surface area contributed by atoms with E-state index in [9.17, 15) is 0 Å². The van der Waals surface area contributed by atoms with Gasteiger partial charge in [0.15, 0.2) is 0 Å². The predicted molar refractivity (Wildman–Crippen MR) is 73.7 cm³/mol. The summed E-state index contributed by atoms with van der Waals surface area (Å²) in [4.78, 5) is 0. The molecule has 3 heteroatoms. The standard InChI is InChI=1S/C14H27N3/c1-8-15-9-10(2)13-11(3)16-17(12(13)4)14(5,6)7/h10,15H,8-9H2,1-7H3. The third kappa shape index (κ3) is 3.09. The molecule has 0 aliphatic carbocycles. The maximum Gasteiger partial charge on any atom is 0.0631 e. The highest BCUT2D eigenvalue weighted by Crippen LogP contribution is 2.26. The van der Waals surface area contributed by atoms with Gasteiger partial charge in [-0.05, 0) is 47.1 Å². The predicted octanol–water partition coefficient (Wildman–Crippen LogP) is 2.97. The van der Waals surface area contributed by atoms with Crippen molar-refractivity contribution in [2.75, 3.05) is 13.1 Å². The topological polar surface area (TPSA) is 29.9 Å². The van der Waals surface area contributed by atoms with Crippen LogP contribution in [-0.2, 0) is 5.54 Å². The van der Waals surface area contributed by atoms with Gasteiger partial charge in [-0.15, -0.1) is 0 Å². The van der Waals surface area contributed by atoms with Crippen molar-refractivity contribution in [3.8, 4) is 0 Å². The van der Waals surface area contributed by atoms with E-state index in [1.807, 2.05) is 0 Å². The molecule has 98 valence electrons. The highest BCUT2D eigenvalue weighted by atomic mass is 15.3. The summed E-state index contributed by atoms with van der Waals surface area (Å²) in [6, 6.07) is 0. The van der Waals surface area contributed by atoms with Gasteiger partial charge in [-0.25, -0.2) is 0 Å². The van der Waals surface area contributed by atoms with Crippen molar-refractivity contribution in [1.29, 1.82) is 0 Å². The minimum atomic E-state index is 0.0605. The second kappa shape index (κ2) is 5.21. The molecule has 3 nitrogen and oxygen atoms in total. The summed E-state index contributed by atoms with van der Waals surface area (Å²) in [7, 11) is 0. The Labute approximate surface area is 106 Å². The lowest BCUT2D eigenvalue weighted by atomic mass is 9.98. The highest BCUT2D eigenvalue weighted by molar-refractivity contribution is 5.29. The Morgan fingerprint density at radius 3 is 2.29 bits per heavy atom. The molecule has 1 atom stereocenters. The first kappa shape index (κ1) is 14.2. The SMILES string of the molecule is CCNCC(C)c1c(C)nn(C(C)(C)C)c1C. The van der Waals surface area contributed by atoms with E-state index in [0.717, 1.165) is 13.1 Å². The zero-order valence-corrected chi connectivity index (χ0v) is 12.4. The lowest BCUT2D eigenvalue weighted by Crippen LogP contribution is -2.25. The van der Waals surface area contributed by atoms with Gasteiger partial charge < -0.3 is 5.32 Å². The second-order valence-corrected chi connectivity index (χ2v) is 5.88. The third-order valence-corrected chi connectivity index (χ3v) is 3.18. The number of nitrogens with zero attached hydrogens (tertiary/aromatic N) is 2. The molecule has 0 aliphatic heterocycles. The molecule has 1 heterocycles. The Hall–Kier alpha value is -0.830. The second-order valence-electron chi connectivity index (χ2n) is 5.88. The van der Waals surface area contributed by atoms with E-state index in [2.05, 4.69) is 58.5 Å². The van der Waals surface area contributed by atoms with Crippen LogP contribution < -0.4 is 5.32 Å². The monoisotopic (exact) mass is 237 g/mol. The van der Waals surface area contributed by atoms with Gasteiger partial charge in [0.05, 0.1) is 11.2 Å². The van der Waals surface area contributed by atoms with E-state index in [0.29, 0.717) is 5.92 Å². The Kier molecular flexibility index (Phi) is 4.36. The van der Waals surface area contributed by atoms with Gasteiger partial charge in [-0.3, -0.25) is 4.68 Å². The van der Waals surface area contributed by atoms with E-state index in [1.54, 1.807) is 0 Å². The van der Waals surface area contributed by atoms with Crippen molar-refractivity contribution in [2.24, 2.45) is 0 Å². The van der Waals surface area contributed by atoms with Crippen LogP contribution in [0.25, 0.3) is 0 Å². The molecule has 0 saturated heterocycles. The van der Waals surface area contributed by atoms with Crippen LogP contribution in [0.5, 0.6) is 0 Å². The molecule has 1 aromatic heterocycles. The molecule has 0 amide bonds. The number of nitrogens with one attached hydrogen (secondary N) is 1. The number of aromatic nitrogens is 2. The van der Waals surface area contributed by atoms with Crippen LogP contribution in [0.3, 0.4) is 0 Å². The van der Waals surface area contributed by atoms with Crippen molar-refractivity contribution >= 4 is 0 Å². The molecule has 1 N–H and O–H groups in total. The molecule has 0 saturated carbocycles. The highest BCUT2D eigenvalue weighted by Gasteiger charge is 2.23. The normalized spacial score (nSPS) is 14.1. The van der Waals surface area contributed by atoms with Crippen molar-refractivity contribution in [3.63, 3.8) is 0 Å². The van der Waals surface area contributed by atoms with E-state index in [-0.39, 0.29) is 5.54 Å². The molecule has 1 rings (SSSR count). The molecule has 1 unspecified atom stereocenters. The van der Waals surface area contributed by atoms with Crippen LogP contribution in [0.15, 0.2) is 0 Å². The average Bonchev–Trinajstić information content (AvgIpc) is 2.50. The molecule has 1 aromatic rings. The van der Waals surface area contributed by atoms with Gasteiger partial charge in [-0.1, -0.05) is 13.8 Å². The summed E-state index contributed by atoms with van der Waals surface area (Å²) in [6.45, 7) is 17.4. The van der Waals surface area contributed by atoms with E-state index in [1.165, 1.54) is 17.0 Å². The number of rotatable bonds is 4. The Balaban J connectivity index is 3.05. The Bertz CT molecular complexity index is 372. The fraction of sp³-hybridized carbons (Fsp3) is 0.786.